The molecule has 0 aromatic heterocycles. The van der Waals surface area contributed by atoms with E-state index in [1.807, 2.05) is 12.1 Å². The molecule has 1 saturated heterocycles. The molecule has 0 saturated carbocycles. The van der Waals surface area contributed by atoms with Crippen molar-refractivity contribution in [3.05, 3.63) is 57.6 Å². The van der Waals surface area contributed by atoms with E-state index in [1.165, 1.54) is 0 Å². The van der Waals surface area contributed by atoms with Crippen LogP contribution < -0.4 is 5.73 Å². The van der Waals surface area contributed by atoms with Gasteiger partial charge in [0.2, 0.25) is 5.78 Å². The second-order valence-electron chi connectivity index (χ2n) is 11.4. The van der Waals surface area contributed by atoms with E-state index in [0.717, 1.165) is 43.6 Å². The van der Waals surface area contributed by atoms with Crippen molar-refractivity contribution in [2.24, 2.45) is 23.5 Å². The molecule has 0 bridgehead atoms. The van der Waals surface area contributed by atoms with Crippen molar-refractivity contribution in [3.63, 3.8) is 0 Å². The summed E-state index contributed by atoms with van der Waals surface area (Å²) in [6, 6.07) is 4.64. The van der Waals surface area contributed by atoms with Gasteiger partial charge in [-0.15, -0.1) is 0 Å². The number of primary amides is 1. The molecule has 9 nitrogen and oxygen atoms in total. The number of nitrogens with zero attached hydrogens (tertiary/aromatic N) is 2. The van der Waals surface area contributed by atoms with Crippen LogP contribution >= 0.6 is 0 Å². The van der Waals surface area contributed by atoms with E-state index in [4.69, 9.17) is 5.73 Å². The molecular formula is C28H35N3O6. The maximum Gasteiger partial charge on any atom is 0.255 e. The summed E-state index contributed by atoms with van der Waals surface area (Å²) in [6.45, 7) is 5.01. The average Bonchev–Trinajstić information content (AvgIpc) is 2.83. The number of likely N-dealkylation sites (tertiary alicyclic amines) is 1. The van der Waals surface area contributed by atoms with Crippen molar-refractivity contribution in [2.75, 3.05) is 27.2 Å². The Bertz CT molecular complexity index is 1240. The Hall–Kier alpha value is -3.01. The number of ketones is 2. The fourth-order valence-electron chi connectivity index (χ4n) is 6.86. The number of nitrogens with two attached hydrogens (primary N) is 1. The Morgan fingerprint density at radius 3 is 2.49 bits per heavy atom. The quantitative estimate of drug-likeness (QED) is 0.449. The van der Waals surface area contributed by atoms with Crippen LogP contribution in [0.2, 0.25) is 0 Å². The number of amides is 1. The van der Waals surface area contributed by atoms with E-state index in [9.17, 15) is 29.7 Å². The van der Waals surface area contributed by atoms with Crippen LogP contribution in [-0.2, 0) is 22.6 Å². The minimum absolute atomic E-state index is 0.00580. The molecule has 1 heterocycles. The number of rotatable bonds is 4. The van der Waals surface area contributed by atoms with Gasteiger partial charge in [0.1, 0.15) is 17.1 Å². The first-order chi connectivity index (χ1) is 17.5. The zero-order chi connectivity index (χ0) is 26.8. The lowest BCUT2D eigenvalue weighted by molar-refractivity contribution is -0.148. The van der Waals surface area contributed by atoms with E-state index >= 15 is 0 Å². The average molecular weight is 510 g/mol. The normalized spacial score (nSPS) is 30.9. The molecule has 0 spiro atoms. The van der Waals surface area contributed by atoms with E-state index < -0.39 is 58.0 Å². The number of carbonyl (C=O) groups is 3. The Morgan fingerprint density at radius 1 is 1.19 bits per heavy atom. The lowest BCUT2D eigenvalue weighted by atomic mass is 9.58. The van der Waals surface area contributed by atoms with Gasteiger partial charge in [0.05, 0.1) is 6.04 Å². The van der Waals surface area contributed by atoms with E-state index in [0.29, 0.717) is 17.9 Å². The molecule has 1 aromatic carbocycles. The number of hydrogen-bond acceptors (Lipinski definition) is 8. The molecule has 5 N–H and O–H groups in total. The zero-order valence-electron chi connectivity index (χ0n) is 21.5. The van der Waals surface area contributed by atoms with Crippen LogP contribution in [0.4, 0.5) is 0 Å². The van der Waals surface area contributed by atoms with Gasteiger partial charge in [-0.05, 0) is 75.8 Å². The predicted octanol–water partition coefficient (Wildman–Crippen LogP) is 1.65. The third-order valence-corrected chi connectivity index (χ3v) is 8.88. The minimum Gasteiger partial charge on any atom is -0.510 e. The summed E-state index contributed by atoms with van der Waals surface area (Å²) in [7, 11) is 3.29. The highest BCUT2D eigenvalue weighted by Gasteiger charge is 2.63. The second-order valence-corrected chi connectivity index (χ2v) is 11.4. The second kappa shape index (κ2) is 9.08. The first-order valence-corrected chi connectivity index (χ1v) is 12.9. The van der Waals surface area contributed by atoms with E-state index in [-0.39, 0.29) is 12.0 Å². The third-order valence-electron chi connectivity index (χ3n) is 8.88. The van der Waals surface area contributed by atoms with Crippen LogP contribution in [0.5, 0.6) is 0 Å². The maximum absolute atomic E-state index is 13.8. The smallest absolute Gasteiger partial charge is 0.255 e. The number of Topliss-reactive ketones (excluding diaryl/α,β-unsaturated/α-hetero) is 2. The van der Waals surface area contributed by atoms with Crippen molar-refractivity contribution in [3.8, 4) is 0 Å². The number of benzene rings is 1. The van der Waals surface area contributed by atoms with Crippen LogP contribution in [-0.4, -0.2) is 81.4 Å². The maximum atomic E-state index is 13.8. The molecule has 0 radical (unpaired) electrons. The first kappa shape index (κ1) is 25.6. The molecule has 3 aliphatic carbocycles. The Morgan fingerprint density at radius 2 is 1.86 bits per heavy atom. The molecule has 4 atom stereocenters. The standard InChI is InChI=1S/C28H35N3O6/c1-14-7-9-31(10-8-14)13-15-5-4-6-17-18(15)11-16-12-19-22(30(2)3)24(33)21(27(29)36)26(35)28(19,37)25(34)20(16)23(17)32/h4-6,14,16,19,22,33-34,37H,7-13H2,1-3H3,(H2,29,36)/t16?,19?,22-,28+/m1/s1. The fourth-order valence-corrected chi connectivity index (χ4v) is 6.86. The summed E-state index contributed by atoms with van der Waals surface area (Å²) in [5.41, 5.74) is 4.57. The van der Waals surface area contributed by atoms with E-state index in [1.54, 1.807) is 25.1 Å². The largest absolute Gasteiger partial charge is 0.510 e. The van der Waals surface area contributed by atoms with E-state index in [2.05, 4.69) is 11.8 Å². The molecule has 1 fully saturated rings. The van der Waals surface area contributed by atoms with Crippen molar-refractivity contribution in [1.82, 2.24) is 9.80 Å². The zero-order valence-corrected chi connectivity index (χ0v) is 21.5. The van der Waals surface area contributed by atoms with Gasteiger partial charge in [-0.2, -0.15) is 0 Å². The molecule has 198 valence electrons. The number of likely N-dealkylation sites (N-methyl/N-ethyl adjacent to an activating group) is 1. The number of piperidine rings is 1. The van der Waals surface area contributed by atoms with Crippen LogP contribution in [0, 0.1) is 17.8 Å². The van der Waals surface area contributed by atoms with Crippen LogP contribution in [0.3, 0.4) is 0 Å². The molecule has 1 amide bonds. The number of aliphatic hydroxyl groups is 3. The van der Waals surface area contributed by atoms with Crippen molar-refractivity contribution in [1.29, 1.82) is 0 Å². The van der Waals surface area contributed by atoms with Gasteiger partial charge in [0.15, 0.2) is 11.4 Å². The highest BCUT2D eigenvalue weighted by atomic mass is 16.3. The summed E-state index contributed by atoms with van der Waals surface area (Å²) in [6.07, 6.45) is 2.92. The Balaban J connectivity index is 1.58. The van der Waals surface area contributed by atoms with Gasteiger partial charge in [0, 0.05) is 23.6 Å². The van der Waals surface area contributed by atoms with Crippen LogP contribution in [0.1, 0.15) is 47.7 Å². The SMILES string of the molecule is CC1CCN(Cc2cccc3c2CC2CC4[C@@H](N(C)C)C(O)=C(C(N)=O)C(=O)[C@@]4(O)C(O)=C2C3=O)CC1. The van der Waals surface area contributed by atoms with Crippen molar-refractivity contribution < 1.29 is 29.7 Å². The lowest BCUT2D eigenvalue weighted by Crippen LogP contribution is -2.63. The highest BCUT2D eigenvalue weighted by Crippen LogP contribution is 2.51. The van der Waals surface area contributed by atoms with Gasteiger partial charge < -0.3 is 21.1 Å². The Labute approximate surface area is 216 Å². The number of allylic oxidation sites excluding steroid dienone is 1. The Kier molecular flexibility index (Phi) is 6.29. The monoisotopic (exact) mass is 509 g/mol. The molecule has 9 heteroatoms. The molecule has 2 unspecified atom stereocenters. The third kappa shape index (κ3) is 3.83. The minimum atomic E-state index is -2.54. The van der Waals surface area contributed by atoms with Crippen molar-refractivity contribution in [2.45, 2.75) is 50.8 Å². The topological polar surface area (TPSA) is 144 Å². The summed E-state index contributed by atoms with van der Waals surface area (Å²) < 4.78 is 0. The van der Waals surface area contributed by atoms with Gasteiger partial charge in [-0.25, -0.2) is 0 Å². The number of aliphatic hydroxyl groups excluding tert-OH is 2. The fraction of sp³-hybridized carbons (Fsp3) is 0.536. The first-order valence-electron chi connectivity index (χ1n) is 12.9. The van der Waals surface area contributed by atoms with Crippen molar-refractivity contribution >= 4 is 17.5 Å². The molecule has 4 aliphatic rings. The lowest BCUT2D eigenvalue weighted by Gasteiger charge is -2.50. The predicted molar refractivity (Wildman–Crippen MR) is 136 cm³/mol. The number of fused-ring (bicyclic) bond motifs is 3. The molecule has 1 aromatic rings. The van der Waals surface area contributed by atoms with Gasteiger partial charge >= 0.3 is 0 Å². The van der Waals surface area contributed by atoms with Gasteiger partial charge in [-0.3, -0.25) is 24.2 Å². The van der Waals surface area contributed by atoms with Gasteiger partial charge in [-0.1, -0.05) is 25.1 Å². The van der Waals surface area contributed by atoms with Crippen LogP contribution in [0.15, 0.2) is 40.9 Å². The molecule has 1 aliphatic heterocycles. The summed E-state index contributed by atoms with van der Waals surface area (Å²) in [5, 5.41) is 33.9. The molecule has 37 heavy (non-hydrogen) atoms. The van der Waals surface area contributed by atoms with Gasteiger partial charge in [0.25, 0.3) is 5.91 Å². The molecule has 5 rings (SSSR count). The summed E-state index contributed by atoms with van der Waals surface area (Å²) in [5.74, 6) is -4.75. The van der Waals surface area contributed by atoms with Crippen LogP contribution in [0.25, 0.3) is 0 Å². The summed E-state index contributed by atoms with van der Waals surface area (Å²) in [4.78, 5) is 43.2. The molecular weight excluding hydrogens is 474 g/mol. The number of carbonyl (C=O) groups excluding carboxylic acids is 3. The number of hydrogen-bond donors (Lipinski definition) is 4. The summed E-state index contributed by atoms with van der Waals surface area (Å²) >= 11 is 0. The highest BCUT2D eigenvalue weighted by molar-refractivity contribution is 6.24.